The standard InChI is InChI=1S/C15H14ClN3O5/c1-9-5-15(21)18(7-12(9)19(22)23)8-14(20)17-10-3-4-13(24-2)11(16)6-10/h3-7H,8H2,1-2H3,(H,17,20). The molecular weight excluding hydrogens is 338 g/mol. The van der Waals surface area contributed by atoms with Gasteiger partial charge in [0.2, 0.25) is 5.91 Å². The number of pyridine rings is 1. The Morgan fingerprint density at radius 1 is 1.42 bits per heavy atom. The number of hydrogen-bond donors (Lipinski definition) is 1. The SMILES string of the molecule is COc1ccc(NC(=O)Cn2cc([N+](=O)[O-])c(C)cc2=O)cc1Cl. The molecule has 0 fully saturated rings. The fraction of sp³-hybridized carbons (Fsp3) is 0.200. The molecule has 1 aromatic heterocycles. The van der Waals surface area contributed by atoms with E-state index in [4.69, 9.17) is 16.3 Å². The average molecular weight is 352 g/mol. The zero-order valence-electron chi connectivity index (χ0n) is 12.9. The molecule has 0 radical (unpaired) electrons. The van der Waals surface area contributed by atoms with Crippen LogP contribution in [0.15, 0.2) is 35.3 Å². The molecule has 0 saturated heterocycles. The van der Waals surface area contributed by atoms with Gasteiger partial charge >= 0.3 is 0 Å². The molecule has 0 atom stereocenters. The highest BCUT2D eigenvalue weighted by atomic mass is 35.5. The molecule has 1 aromatic carbocycles. The average Bonchev–Trinajstić information content (AvgIpc) is 2.49. The first-order chi connectivity index (χ1) is 11.3. The molecule has 0 bridgehead atoms. The largest absolute Gasteiger partial charge is 0.495 e. The number of nitrogens with zero attached hydrogens (tertiary/aromatic N) is 2. The van der Waals surface area contributed by atoms with E-state index in [1.54, 1.807) is 12.1 Å². The number of carbonyl (C=O) groups excluding carboxylic acids is 1. The number of halogens is 1. The van der Waals surface area contributed by atoms with Gasteiger partial charge in [-0.3, -0.25) is 24.3 Å². The van der Waals surface area contributed by atoms with E-state index in [1.165, 1.54) is 20.1 Å². The maximum atomic E-state index is 12.1. The minimum atomic E-state index is -0.605. The van der Waals surface area contributed by atoms with Crippen molar-refractivity contribution in [2.24, 2.45) is 0 Å². The lowest BCUT2D eigenvalue weighted by molar-refractivity contribution is -0.385. The predicted molar refractivity (Wildman–Crippen MR) is 88.7 cm³/mol. The molecule has 0 unspecified atom stereocenters. The number of nitro groups is 1. The van der Waals surface area contributed by atoms with E-state index in [0.717, 1.165) is 16.8 Å². The topological polar surface area (TPSA) is 103 Å². The smallest absolute Gasteiger partial charge is 0.288 e. The van der Waals surface area contributed by atoms with Crippen LogP contribution in [0.25, 0.3) is 0 Å². The normalized spacial score (nSPS) is 10.3. The number of rotatable bonds is 5. The number of ether oxygens (including phenoxy) is 1. The molecule has 0 aliphatic carbocycles. The number of aromatic nitrogens is 1. The molecule has 0 spiro atoms. The van der Waals surface area contributed by atoms with Crippen molar-refractivity contribution in [3.05, 3.63) is 61.5 Å². The fourth-order valence-corrected chi connectivity index (χ4v) is 2.33. The van der Waals surface area contributed by atoms with E-state index in [9.17, 15) is 19.7 Å². The Morgan fingerprint density at radius 2 is 2.12 bits per heavy atom. The Bertz CT molecular complexity index is 863. The molecule has 1 amide bonds. The van der Waals surface area contributed by atoms with Crippen LogP contribution in [-0.2, 0) is 11.3 Å². The Morgan fingerprint density at radius 3 is 2.71 bits per heavy atom. The maximum absolute atomic E-state index is 12.1. The van der Waals surface area contributed by atoms with Crippen LogP contribution >= 0.6 is 11.6 Å². The summed E-state index contributed by atoms with van der Waals surface area (Å²) in [6.07, 6.45) is 1.05. The van der Waals surface area contributed by atoms with Crippen molar-refractivity contribution in [3.63, 3.8) is 0 Å². The summed E-state index contributed by atoms with van der Waals surface area (Å²) in [6, 6.07) is 5.79. The van der Waals surface area contributed by atoms with E-state index < -0.39 is 16.4 Å². The Kier molecular flexibility index (Phi) is 5.20. The van der Waals surface area contributed by atoms with Gasteiger partial charge in [-0.2, -0.15) is 0 Å². The van der Waals surface area contributed by atoms with Crippen LogP contribution in [0, 0.1) is 17.0 Å². The van der Waals surface area contributed by atoms with Gasteiger partial charge in [0.15, 0.2) is 0 Å². The predicted octanol–water partition coefficient (Wildman–Crippen LogP) is 2.37. The van der Waals surface area contributed by atoms with E-state index in [0.29, 0.717) is 16.5 Å². The second kappa shape index (κ2) is 7.14. The Hall–Kier alpha value is -2.87. The van der Waals surface area contributed by atoms with Crippen molar-refractivity contribution >= 4 is 28.9 Å². The third-order valence-corrected chi connectivity index (χ3v) is 3.55. The van der Waals surface area contributed by atoms with E-state index in [1.807, 2.05) is 0 Å². The van der Waals surface area contributed by atoms with Crippen molar-refractivity contribution < 1.29 is 14.5 Å². The first kappa shape index (κ1) is 17.5. The summed E-state index contributed by atoms with van der Waals surface area (Å²) in [4.78, 5) is 34.2. The zero-order valence-corrected chi connectivity index (χ0v) is 13.7. The number of hydrogen-bond acceptors (Lipinski definition) is 5. The van der Waals surface area contributed by atoms with E-state index in [2.05, 4.69) is 5.32 Å². The highest BCUT2D eigenvalue weighted by molar-refractivity contribution is 6.32. The van der Waals surface area contributed by atoms with E-state index in [-0.39, 0.29) is 17.8 Å². The van der Waals surface area contributed by atoms with Crippen molar-refractivity contribution in [2.75, 3.05) is 12.4 Å². The number of methoxy groups -OCH3 is 1. The third-order valence-electron chi connectivity index (χ3n) is 3.25. The van der Waals surface area contributed by atoms with Crippen LogP contribution in [-0.4, -0.2) is 22.5 Å². The molecule has 0 saturated carbocycles. The first-order valence-electron chi connectivity index (χ1n) is 6.80. The molecular formula is C15H14ClN3O5. The van der Waals surface area contributed by atoms with Crippen LogP contribution in [0.3, 0.4) is 0 Å². The van der Waals surface area contributed by atoms with Crippen LogP contribution in [0.5, 0.6) is 5.75 Å². The quantitative estimate of drug-likeness (QED) is 0.657. The fourth-order valence-electron chi connectivity index (χ4n) is 2.07. The summed E-state index contributed by atoms with van der Waals surface area (Å²) in [6.45, 7) is 1.10. The molecule has 1 heterocycles. The summed E-state index contributed by atoms with van der Waals surface area (Å²) in [7, 11) is 1.47. The highest BCUT2D eigenvalue weighted by Crippen LogP contribution is 2.27. The number of benzene rings is 1. The second-order valence-corrected chi connectivity index (χ2v) is 5.37. The molecule has 24 heavy (non-hydrogen) atoms. The molecule has 9 heteroatoms. The number of amides is 1. The number of anilines is 1. The van der Waals surface area contributed by atoms with Gasteiger partial charge in [0.05, 0.1) is 23.3 Å². The molecule has 0 aliphatic heterocycles. The summed E-state index contributed by atoms with van der Waals surface area (Å²) in [5.41, 5.74) is -0.0695. The third kappa shape index (κ3) is 3.90. The summed E-state index contributed by atoms with van der Waals surface area (Å²) in [5, 5.41) is 13.8. The van der Waals surface area contributed by atoms with Gasteiger partial charge in [-0.15, -0.1) is 0 Å². The lowest BCUT2D eigenvalue weighted by atomic mass is 10.2. The van der Waals surface area contributed by atoms with Crippen molar-refractivity contribution in [3.8, 4) is 5.75 Å². The summed E-state index contributed by atoms with van der Waals surface area (Å²) >= 11 is 5.96. The second-order valence-electron chi connectivity index (χ2n) is 4.96. The van der Waals surface area contributed by atoms with Gasteiger partial charge in [0, 0.05) is 17.3 Å². The lowest BCUT2D eigenvalue weighted by Crippen LogP contribution is -2.27. The highest BCUT2D eigenvalue weighted by Gasteiger charge is 2.15. The van der Waals surface area contributed by atoms with Crippen molar-refractivity contribution in [1.29, 1.82) is 0 Å². The molecule has 2 aromatic rings. The van der Waals surface area contributed by atoms with Crippen LogP contribution in [0.1, 0.15) is 5.56 Å². The van der Waals surface area contributed by atoms with Crippen molar-refractivity contribution in [2.45, 2.75) is 13.5 Å². The molecule has 126 valence electrons. The van der Waals surface area contributed by atoms with Gasteiger partial charge in [-0.25, -0.2) is 0 Å². The van der Waals surface area contributed by atoms with Gasteiger partial charge in [0.1, 0.15) is 12.3 Å². The molecule has 8 nitrogen and oxygen atoms in total. The van der Waals surface area contributed by atoms with Gasteiger partial charge < -0.3 is 10.1 Å². The Labute approximate surface area is 141 Å². The van der Waals surface area contributed by atoms with Gasteiger partial charge in [-0.1, -0.05) is 11.6 Å². The summed E-state index contributed by atoms with van der Waals surface area (Å²) < 4.78 is 5.99. The van der Waals surface area contributed by atoms with Crippen LogP contribution < -0.4 is 15.6 Å². The lowest BCUT2D eigenvalue weighted by Gasteiger charge is -2.09. The zero-order chi connectivity index (χ0) is 17.9. The van der Waals surface area contributed by atoms with Gasteiger partial charge in [-0.05, 0) is 25.1 Å². The minimum absolute atomic E-state index is 0.227. The molecule has 2 rings (SSSR count). The molecule has 1 N–H and O–H groups in total. The Balaban J connectivity index is 2.18. The van der Waals surface area contributed by atoms with Crippen LogP contribution in [0.2, 0.25) is 5.02 Å². The monoisotopic (exact) mass is 351 g/mol. The number of nitrogens with one attached hydrogen (secondary N) is 1. The van der Waals surface area contributed by atoms with Crippen molar-refractivity contribution in [1.82, 2.24) is 4.57 Å². The maximum Gasteiger partial charge on any atom is 0.288 e. The van der Waals surface area contributed by atoms with E-state index >= 15 is 0 Å². The van der Waals surface area contributed by atoms with Gasteiger partial charge in [0.25, 0.3) is 11.2 Å². The minimum Gasteiger partial charge on any atom is -0.495 e. The first-order valence-corrected chi connectivity index (χ1v) is 7.18. The molecule has 0 aliphatic rings. The number of aryl methyl sites for hydroxylation is 1. The number of carbonyl (C=O) groups is 1. The summed E-state index contributed by atoms with van der Waals surface area (Å²) in [5.74, 6) is -0.0588. The van der Waals surface area contributed by atoms with Crippen LogP contribution in [0.4, 0.5) is 11.4 Å².